The molecule has 0 aliphatic heterocycles. The topological polar surface area (TPSA) is 55.1 Å². The van der Waals surface area contributed by atoms with Crippen LogP contribution in [0.1, 0.15) is 37.8 Å². The molecule has 0 saturated heterocycles. The van der Waals surface area contributed by atoms with Crippen LogP contribution in [0.4, 0.5) is 0 Å². The molecule has 4 nitrogen and oxygen atoms in total. The van der Waals surface area contributed by atoms with E-state index in [0.29, 0.717) is 6.54 Å². The smallest absolute Gasteiger partial charge is 0.223 e. The molecule has 2 saturated carbocycles. The number of amides is 1. The quantitative estimate of drug-likeness (QED) is 0.885. The van der Waals surface area contributed by atoms with Crippen molar-refractivity contribution in [2.75, 3.05) is 6.54 Å². The molecule has 0 radical (unpaired) electrons. The molecule has 1 aromatic heterocycles. The minimum atomic E-state index is 0.189. The first kappa shape index (κ1) is 14.1. The summed E-state index contributed by atoms with van der Waals surface area (Å²) in [4.78, 5) is 12.9. The van der Waals surface area contributed by atoms with E-state index in [1.807, 2.05) is 17.8 Å². The number of hydrogen-bond acceptors (Lipinski definition) is 4. The summed E-state index contributed by atoms with van der Waals surface area (Å²) >= 11 is 1.96. The first-order valence-corrected chi connectivity index (χ1v) is 9.00. The Morgan fingerprint density at radius 3 is 2.91 bits per heavy atom. The third kappa shape index (κ3) is 3.00. The number of benzene rings is 1. The molecule has 0 unspecified atom stereocenters. The number of carbonyl (C=O) groups excluding carboxylic acids is 1. The van der Waals surface area contributed by atoms with Crippen molar-refractivity contribution in [1.29, 1.82) is 0 Å². The van der Waals surface area contributed by atoms with Crippen molar-refractivity contribution >= 4 is 28.6 Å². The molecule has 4 rings (SSSR count). The van der Waals surface area contributed by atoms with E-state index in [2.05, 4.69) is 22.6 Å². The second-order valence-electron chi connectivity index (χ2n) is 6.27. The van der Waals surface area contributed by atoms with Crippen molar-refractivity contribution in [2.45, 2.75) is 48.7 Å². The van der Waals surface area contributed by atoms with E-state index in [0.717, 1.165) is 41.2 Å². The number of rotatable bonds is 6. The lowest BCUT2D eigenvalue weighted by atomic mass is 10.00. The zero-order valence-electron chi connectivity index (χ0n) is 12.5. The molecule has 5 heteroatoms. The van der Waals surface area contributed by atoms with Crippen LogP contribution < -0.4 is 5.32 Å². The summed E-state index contributed by atoms with van der Waals surface area (Å²) in [5.74, 6) is 0.452. The van der Waals surface area contributed by atoms with Gasteiger partial charge in [-0.1, -0.05) is 11.6 Å². The standard InChI is InChI=1S/C17H20N2O2S/c20-17(11-4-5-11)18-9-8-15-14-10-13(22-12-2-1-3-12)6-7-16(14)21-19-15/h6-7,10-12H,1-5,8-9H2,(H,18,20). The fourth-order valence-corrected chi connectivity index (χ4v) is 3.98. The van der Waals surface area contributed by atoms with Gasteiger partial charge in [0.15, 0.2) is 5.58 Å². The Balaban J connectivity index is 1.42. The molecular formula is C17H20N2O2S. The van der Waals surface area contributed by atoms with Gasteiger partial charge in [0.2, 0.25) is 5.91 Å². The molecule has 22 heavy (non-hydrogen) atoms. The number of carbonyl (C=O) groups is 1. The summed E-state index contributed by atoms with van der Waals surface area (Å²) in [5, 5.41) is 9.02. The second-order valence-corrected chi connectivity index (χ2v) is 7.65. The van der Waals surface area contributed by atoms with Crippen molar-refractivity contribution < 1.29 is 9.32 Å². The van der Waals surface area contributed by atoms with Crippen LogP contribution in [-0.4, -0.2) is 22.9 Å². The molecular weight excluding hydrogens is 296 g/mol. The van der Waals surface area contributed by atoms with Crippen molar-refractivity contribution in [3.63, 3.8) is 0 Å². The number of nitrogens with zero attached hydrogens (tertiary/aromatic N) is 1. The van der Waals surface area contributed by atoms with E-state index in [1.165, 1.54) is 24.2 Å². The summed E-state index contributed by atoms with van der Waals surface area (Å²) in [7, 11) is 0. The van der Waals surface area contributed by atoms with Gasteiger partial charge in [-0.05, 0) is 43.9 Å². The molecule has 1 aromatic carbocycles. The Kier molecular flexibility index (Phi) is 3.82. The molecule has 2 aromatic rings. The maximum Gasteiger partial charge on any atom is 0.223 e. The Labute approximate surface area is 134 Å². The largest absolute Gasteiger partial charge is 0.356 e. The van der Waals surface area contributed by atoms with Crippen LogP contribution in [0.3, 0.4) is 0 Å². The van der Waals surface area contributed by atoms with E-state index in [9.17, 15) is 4.79 Å². The highest BCUT2D eigenvalue weighted by molar-refractivity contribution is 8.00. The highest BCUT2D eigenvalue weighted by atomic mass is 32.2. The number of aromatic nitrogens is 1. The Morgan fingerprint density at radius 2 is 2.18 bits per heavy atom. The van der Waals surface area contributed by atoms with Gasteiger partial charge in [0.05, 0.1) is 5.69 Å². The minimum Gasteiger partial charge on any atom is -0.356 e. The van der Waals surface area contributed by atoms with Gasteiger partial charge in [0.25, 0.3) is 0 Å². The van der Waals surface area contributed by atoms with Gasteiger partial charge in [0, 0.05) is 34.4 Å². The lowest BCUT2D eigenvalue weighted by molar-refractivity contribution is -0.122. The van der Waals surface area contributed by atoms with Gasteiger partial charge >= 0.3 is 0 Å². The number of hydrogen-bond donors (Lipinski definition) is 1. The summed E-state index contributed by atoms with van der Waals surface area (Å²) < 4.78 is 5.39. The molecule has 0 spiro atoms. The number of thioether (sulfide) groups is 1. The van der Waals surface area contributed by atoms with Crippen molar-refractivity contribution in [3.05, 3.63) is 23.9 Å². The summed E-state index contributed by atoms with van der Waals surface area (Å²) in [6.07, 6.45) is 6.82. The van der Waals surface area contributed by atoms with Crippen LogP contribution in [0.15, 0.2) is 27.6 Å². The van der Waals surface area contributed by atoms with Crippen molar-refractivity contribution in [3.8, 4) is 0 Å². The molecule has 2 aliphatic carbocycles. The van der Waals surface area contributed by atoms with Gasteiger partial charge in [-0.15, -0.1) is 11.8 Å². The maximum atomic E-state index is 11.7. The van der Waals surface area contributed by atoms with Gasteiger partial charge in [-0.2, -0.15) is 0 Å². The van der Waals surface area contributed by atoms with Crippen LogP contribution in [0.25, 0.3) is 11.0 Å². The van der Waals surface area contributed by atoms with Crippen molar-refractivity contribution in [2.24, 2.45) is 5.92 Å². The van der Waals surface area contributed by atoms with E-state index in [4.69, 9.17) is 4.52 Å². The molecule has 1 heterocycles. The highest BCUT2D eigenvalue weighted by Gasteiger charge is 2.29. The summed E-state index contributed by atoms with van der Waals surface area (Å²) in [5.41, 5.74) is 1.78. The Morgan fingerprint density at radius 1 is 1.32 bits per heavy atom. The van der Waals surface area contributed by atoms with Crippen LogP contribution in [-0.2, 0) is 11.2 Å². The molecule has 1 N–H and O–H groups in total. The lowest BCUT2D eigenvalue weighted by Gasteiger charge is -2.24. The average molecular weight is 316 g/mol. The van der Waals surface area contributed by atoms with E-state index < -0.39 is 0 Å². The van der Waals surface area contributed by atoms with Gasteiger partial charge in [-0.25, -0.2) is 0 Å². The first-order chi connectivity index (χ1) is 10.8. The molecule has 116 valence electrons. The Hall–Kier alpha value is -1.49. The normalized spacial score (nSPS) is 18.4. The van der Waals surface area contributed by atoms with Crippen LogP contribution in [0.2, 0.25) is 0 Å². The predicted octanol–water partition coefficient (Wildman–Crippen LogP) is 3.54. The zero-order chi connectivity index (χ0) is 14.9. The fourth-order valence-electron chi connectivity index (χ4n) is 2.70. The summed E-state index contributed by atoms with van der Waals surface area (Å²) in [6.45, 7) is 0.636. The first-order valence-electron chi connectivity index (χ1n) is 8.12. The molecule has 1 amide bonds. The molecule has 2 fully saturated rings. The molecule has 2 aliphatic rings. The third-order valence-electron chi connectivity index (χ3n) is 4.48. The van der Waals surface area contributed by atoms with E-state index >= 15 is 0 Å². The maximum absolute atomic E-state index is 11.7. The van der Waals surface area contributed by atoms with Crippen LogP contribution >= 0.6 is 11.8 Å². The summed E-state index contributed by atoms with van der Waals surface area (Å²) in [6, 6.07) is 6.32. The highest BCUT2D eigenvalue weighted by Crippen LogP contribution is 2.37. The molecule has 0 bridgehead atoms. The monoisotopic (exact) mass is 316 g/mol. The predicted molar refractivity (Wildman–Crippen MR) is 86.9 cm³/mol. The van der Waals surface area contributed by atoms with Crippen molar-refractivity contribution in [1.82, 2.24) is 10.5 Å². The Bertz CT molecular complexity index is 689. The SMILES string of the molecule is O=C(NCCc1noc2ccc(SC3CCC3)cc12)C1CC1. The number of fused-ring (bicyclic) bond motifs is 1. The number of nitrogens with one attached hydrogen (secondary N) is 1. The lowest BCUT2D eigenvalue weighted by Crippen LogP contribution is -2.27. The van der Waals surface area contributed by atoms with Crippen LogP contribution in [0, 0.1) is 5.92 Å². The fraction of sp³-hybridized carbons (Fsp3) is 0.529. The zero-order valence-corrected chi connectivity index (χ0v) is 13.3. The third-order valence-corrected chi connectivity index (χ3v) is 5.81. The van der Waals surface area contributed by atoms with Gasteiger partial charge < -0.3 is 9.84 Å². The van der Waals surface area contributed by atoms with Crippen LogP contribution in [0.5, 0.6) is 0 Å². The van der Waals surface area contributed by atoms with Gasteiger partial charge in [0.1, 0.15) is 0 Å². The van der Waals surface area contributed by atoms with Gasteiger partial charge in [-0.3, -0.25) is 4.79 Å². The average Bonchev–Trinajstić information content (AvgIpc) is 3.26. The minimum absolute atomic E-state index is 0.189. The van der Waals surface area contributed by atoms with E-state index in [-0.39, 0.29) is 11.8 Å². The van der Waals surface area contributed by atoms with E-state index in [1.54, 1.807) is 0 Å². The second kappa shape index (κ2) is 5.95. The molecule has 0 atom stereocenters.